The number of H-pyrrole nitrogens is 1. The Hall–Kier alpha value is -2.55. The molecule has 5 nitrogen and oxygen atoms in total. The summed E-state index contributed by atoms with van der Waals surface area (Å²) in [6.45, 7) is 6.10. The molecule has 194 valence electrons. The van der Waals surface area contributed by atoms with Crippen molar-refractivity contribution in [1.29, 1.82) is 0 Å². The third-order valence-electron chi connectivity index (χ3n) is 7.63. The predicted octanol–water partition coefficient (Wildman–Crippen LogP) is 5.01. The summed E-state index contributed by atoms with van der Waals surface area (Å²) in [5.74, 6) is -1.32. The van der Waals surface area contributed by atoms with Gasteiger partial charge in [0.2, 0.25) is 0 Å². The molecule has 0 aliphatic carbocycles. The molecule has 3 atom stereocenters. The van der Waals surface area contributed by atoms with E-state index >= 15 is 8.78 Å². The van der Waals surface area contributed by atoms with Crippen molar-refractivity contribution in [3.63, 3.8) is 0 Å². The first kappa shape index (κ1) is 25.1. The minimum absolute atomic E-state index is 0.0942. The van der Waals surface area contributed by atoms with Crippen LogP contribution < -0.4 is 5.32 Å². The summed E-state index contributed by atoms with van der Waals surface area (Å²) in [7, 11) is 0. The Morgan fingerprint density at radius 2 is 1.89 bits per heavy atom. The van der Waals surface area contributed by atoms with Gasteiger partial charge in [-0.25, -0.2) is 13.2 Å². The number of nitrogens with zero attached hydrogens (tertiary/aromatic N) is 2. The van der Waals surface area contributed by atoms with Crippen LogP contribution >= 0.6 is 0 Å². The molecule has 2 aliphatic rings. The smallest absolute Gasteiger partial charge is 0.136 e. The van der Waals surface area contributed by atoms with Crippen LogP contribution in [0.5, 0.6) is 0 Å². The Balaban J connectivity index is 1.48. The van der Waals surface area contributed by atoms with Gasteiger partial charge in [-0.3, -0.25) is 9.80 Å². The van der Waals surface area contributed by atoms with E-state index in [1.165, 1.54) is 12.1 Å². The second kappa shape index (κ2) is 10.4. The first-order valence-corrected chi connectivity index (χ1v) is 13.0. The van der Waals surface area contributed by atoms with Crippen LogP contribution in [0.3, 0.4) is 0 Å². The number of fused-ring (bicyclic) bond motifs is 3. The molecule has 0 spiro atoms. The second-order valence-corrected chi connectivity index (χ2v) is 10.3. The average molecular weight is 501 g/mol. The Bertz CT molecular complexity index is 1190. The summed E-state index contributed by atoms with van der Waals surface area (Å²) in [6, 6.07) is 9.65. The highest BCUT2D eigenvalue weighted by atomic mass is 19.1. The quantitative estimate of drug-likeness (QED) is 0.387. The minimum atomic E-state index is -1.51. The molecule has 3 N–H and O–H groups in total. The van der Waals surface area contributed by atoms with E-state index in [1.807, 2.05) is 31.2 Å². The molecule has 0 radical (unpaired) electrons. The zero-order chi connectivity index (χ0) is 25.4. The van der Waals surface area contributed by atoms with Crippen molar-refractivity contribution in [2.24, 2.45) is 0 Å². The molecular formula is C28H35F3N4O. The number of halogens is 3. The van der Waals surface area contributed by atoms with Crippen LogP contribution in [0.25, 0.3) is 10.9 Å². The number of rotatable bonds is 9. The molecule has 2 aliphatic heterocycles. The number of aliphatic hydroxyl groups excluding tert-OH is 1. The normalized spacial score (nSPS) is 21.9. The van der Waals surface area contributed by atoms with Crippen molar-refractivity contribution in [2.75, 3.05) is 38.1 Å². The molecule has 0 saturated carbocycles. The SMILES string of the molecule is CCCCN1CC(Nc2cc(F)c(C3c4[nH]c5ccccc5c4CC(C)N3CC(F)CO)c(F)c2)C1. The van der Waals surface area contributed by atoms with E-state index in [2.05, 4.69) is 22.1 Å². The summed E-state index contributed by atoms with van der Waals surface area (Å²) in [5.41, 5.74) is 2.89. The summed E-state index contributed by atoms with van der Waals surface area (Å²) in [5, 5.41) is 13.6. The maximum absolute atomic E-state index is 15.7. The second-order valence-electron chi connectivity index (χ2n) is 10.3. The Labute approximate surface area is 210 Å². The number of aliphatic hydroxyl groups is 1. The van der Waals surface area contributed by atoms with E-state index in [1.54, 1.807) is 4.90 Å². The predicted molar refractivity (Wildman–Crippen MR) is 137 cm³/mol. The lowest BCUT2D eigenvalue weighted by atomic mass is 9.87. The van der Waals surface area contributed by atoms with Gasteiger partial charge in [-0.2, -0.15) is 0 Å². The molecular weight excluding hydrogens is 465 g/mol. The maximum Gasteiger partial charge on any atom is 0.136 e. The number of nitrogens with one attached hydrogen (secondary N) is 2. The first-order valence-electron chi connectivity index (χ1n) is 13.0. The number of hydrogen-bond acceptors (Lipinski definition) is 4. The van der Waals surface area contributed by atoms with Gasteiger partial charge in [-0.15, -0.1) is 0 Å². The van der Waals surface area contributed by atoms with Crippen LogP contribution in [0.1, 0.15) is 49.6 Å². The van der Waals surface area contributed by atoms with Crippen molar-refractivity contribution in [2.45, 2.75) is 57.4 Å². The maximum atomic E-state index is 15.7. The summed E-state index contributed by atoms with van der Waals surface area (Å²) in [6.07, 6.45) is 1.39. The Kier molecular flexibility index (Phi) is 7.28. The van der Waals surface area contributed by atoms with Crippen molar-refractivity contribution in [1.82, 2.24) is 14.8 Å². The fraction of sp³-hybridized carbons (Fsp3) is 0.500. The number of aromatic nitrogens is 1. The molecule has 1 aromatic heterocycles. The topological polar surface area (TPSA) is 54.5 Å². The number of anilines is 1. The molecule has 2 aromatic carbocycles. The van der Waals surface area contributed by atoms with Crippen molar-refractivity contribution >= 4 is 16.6 Å². The largest absolute Gasteiger partial charge is 0.393 e. The lowest BCUT2D eigenvalue weighted by Crippen LogP contribution is -2.54. The van der Waals surface area contributed by atoms with Gasteiger partial charge >= 0.3 is 0 Å². The van der Waals surface area contributed by atoms with Gasteiger partial charge in [-0.05, 0) is 50.1 Å². The fourth-order valence-corrected chi connectivity index (χ4v) is 5.78. The van der Waals surface area contributed by atoms with E-state index in [0.717, 1.165) is 48.9 Å². The van der Waals surface area contributed by atoms with E-state index in [9.17, 15) is 9.50 Å². The molecule has 36 heavy (non-hydrogen) atoms. The van der Waals surface area contributed by atoms with Crippen LogP contribution in [0.15, 0.2) is 36.4 Å². The number of para-hydroxylation sites is 1. The van der Waals surface area contributed by atoms with Crippen molar-refractivity contribution < 1.29 is 18.3 Å². The van der Waals surface area contributed by atoms with Gasteiger partial charge in [-0.1, -0.05) is 31.5 Å². The van der Waals surface area contributed by atoms with E-state index in [0.29, 0.717) is 17.8 Å². The highest BCUT2D eigenvalue weighted by Crippen LogP contribution is 2.43. The fourth-order valence-electron chi connectivity index (χ4n) is 5.78. The lowest BCUT2D eigenvalue weighted by molar-refractivity contribution is 0.0750. The summed E-state index contributed by atoms with van der Waals surface area (Å²) >= 11 is 0. The van der Waals surface area contributed by atoms with E-state index in [4.69, 9.17) is 0 Å². The van der Waals surface area contributed by atoms with Crippen LogP contribution in [0.4, 0.5) is 18.9 Å². The van der Waals surface area contributed by atoms with Crippen molar-refractivity contribution in [3.8, 4) is 0 Å². The van der Waals surface area contributed by atoms with Crippen LogP contribution in [0, 0.1) is 11.6 Å². The number of alkyl halides is 1. The van der Waals surface area contributed by atoms with Crippen LogP contribution in [-0.4, -0.2) is 70.9 Å². The Morgan fingerprint density at radius 1 is 1.17 bits per heavy atom. The molecule has 3 unspecified atom stereocenters. The van der Waals surface area contributed by atoms with Gasteiger partial charge in [0.05, 0.1) is 18.7 Å². The van der Waals surface area contributed by atoms with Gasteiger partial charge in [0.25, 0.3) is 0 Å². The van der Waals surface area contributed by atoms with E-state index < -0.39 is 30.5 Å². The number of hydrogen-bond donors (Lipinski definition) is 3. The monoisotopic (exact) mass is 500 g/mol. The lowest BCUT2D eigenvalue weighted by Gasteiger charge is -2.42. The van der Waals surface area contributed by atoms with E-state index in [-0.39, 0.29) is 24.2 Å². The standard InChI is InChI=1S/C28H35F3N4O/c1-3-4-9-34-14-20(15-34)32-19-11-23(30)26(24(31)12-19)28-27-22(21-7-5-6-8-25(21)33-27)10-17(2)35(28)13-18(29)16-36/h5-8,11-12,17-18,20,28,32-33,36H,3-4,9-10,13-16H2,1-2H3. The van der Waals surface area contributed by atoms with Crippen molar-refractivity contribution in [3.05, 3.63) is 64.9 Å². The first-order chi connectivity index (χ1) is 17.4. The highest BCUT2D eigenvalue weighted by Gasteiger charge is 2.39. The molecule has 1 fully saturated rings. The molecule has 8 heteroatoms. The minimum Gasteiger partial charge on any atom is -0.393 e. The molecule has 5 rings (SSSR count). The molecule has 0 amide bonds. The zero-order valence-corrected chi connectivity index (χ0v) is 20.9. The molecule has 3 heterocycles. The van der Waals surface area contributed by atoms with Gasteiger partial charge in [0.1, 0.15) is 17.8 Å². The number of likely N-dealkylation sites (tertiary alicyclic amines) is 1. The summed E-state index contributed by atoms with van der Waals surface area (Å²) < 4.78 is 45.8. The summed E-state index contributed by atoms with van der Waals surface area (Å²) in [4.78, 5) is 7.46. The Morgan fingerprint density at radius 3 is 2.58 bits per heavy atom. The number of benzene rings is 2. The number of unbranched alkanes of at least 4 members (excludes halogenated alkanes) is 1. The highest BCUT2D eigenvalue weighted by molar-refractivity contribution is 5.85. The van der Waals surface area contributed by atoms with Crippen LogP contribution in [-0.2, 0) is 6.42 Å². The average Bonchev–Trinajstić information content (AvgIpc) is 3.19. The zero-order valence-electron chi connectivity index (χ0n) is 20.9. The van der Waals surface area contributed by atoms with Gasteiger partial charge in [0, 0.05) is 53.5 Å². The molecule has 1 saturated heterocycles. The van der Waals surface area contributed by atoms with Gasteiger partial charge < -0.3 is 15.4 Å². The van der Waals surface area contributed by atoms with Gasteiger partial charge in [0.15, 0.2) is 0 Å². The van der Waals surface area contributed by atoms with Crippen LogP contribution in [0.2, 0.25) is 0 Å². The molecule has 3 aromatic rings. The molecule has 0 bridgehead atoms. The number of aromatic amines is 1. The third kappa shape index (κ3) is 4.74. The third-order valence-corrected chi connectivity index (χ3v) is 7.63.